The van der Waals surface area contributed by atoms with E-state index in [1.807, 2.05) is 18.2 Å². The van der Waals surface area contributed by atoms with Crippen LogP contribution in [0.4, 0.5) is 11.5 Å². The molecule has 2 heterocycles. The molecule has 1 aliphatic rings. The Bertz CT molecular complexity index is 747. The SMILES string of the molecule is CC(C)Cc1cc(NCCC2(O)C(=O)Nc3ccccc32)ncn1. The van der Waals surface area contributed by atoms with Crippen molar-refractivity contribution >= 4 is 17.4 Å². The first-order chi connectivity index (χ1) is 11.5. The lowest BCUT2D eigenvalue weighted by Crippen LogP contribution is -2.36. The first kappa shape index (κ1) is 16.4. The van der Waals surface area contributed by atoms with Crippen LogP contribution in [0, 0.1) is 5.92 Å². The number of amides is 1. The maximum Gasteiger partial charge on any atom is 0.261 e. The second-order valence-corrected chi connectivity index (χ2v) is 6.53. The molecule has 1 atom stereocenters. The van der Waals surface area contributed by atoms with E-state index in [0.717, 1.165) is 12.1 Å². The zero-order valence-corrected chi connectivity index (χ0v) is 13.9. The third kappa shape index (κ3) is 3.23. The molecule has 0 bridgehead atoms. The van der Waals surface area contributed by atoms with E-state index in [1.165, 1.54) is 6.33 Å². The summed E-state index contributed by atoms with van der Waals surface area (Å²) in [6, 6.07) is 9.13. The molecule has 1 aromatic heterocycles. The van der Waals surface area contributed by atoms with Crippen LogP contribution >= 0.6 is 0 Å². The van der Waals surface area contributed by atoms with Gasteiger partial charge in [-0.25, -0.2) is 9.97 Å². The largest absolute Gasteiger partial charge is 0.375 e. The second-order valence-electron chi connectivity index (χ2n) is 6.53. The van der Waals surface area contributed by atoms with Crippen LogP contribution in [0.15, 0.2) is 36.7 Å². The Morgan fingerprint density at radius 2 is 2.08 bits per heavy atom. The monoisotopic (exact) mass is 326 g/mol. The Labute approximate surface area is 141 Å². The smallest absolute Gasteiger partial charge is 0.261 e. The van der Waals surface area contributed by atoms with Gasteiger partial charge in [-0.15, -0.1) is 0 Å². The van der Waals surface area contributed by atoms with Crippen LogP contribution in [0.25, 0.3) is 0 Å². The van der Waals surface area contributed by atoms with Crippen molar-refractivity contribution < 1.29 is 9.90 Å². The van der Waals surface area contributed by atoms with Crippen LogP contribution in [-0.2, 0) is 16.8 Å². The van der Waals surface area contributed by atoms with Crippen molar-refractivity contribution in [2.45, 2.75) is 32.3 Å². The maximum absolute atomic E-state index is 12.2. The highest BCUT2D eigenvalue weighted by Gasteiger charge is 2.44. The van der Waals surface area contributed by atoms with Gasteiger partial charge in [0.2, 0.25) is 0 Å². The number of aliphatic hydroxyl groups is 1. The molecule has 3 N–H and O–H groups in total. The van der Waals surface area contributed by atoms with Crippen LogP contribution in [0.3, 0.4) is 0 Å². The summed E-state index contributed by atoms with van der Waals surface area (Å²) in [4.78, 5) is 20.6. The molecule has 0 saturated carbocycles. The molecule has 0 radical (unpaired) electrons. The standard InChI is InChI=1S/C18H22N4O2/c1-12(2)9-13-10-16(21-11-20-13)19-8-7-18(24)14-5-3-4-6-15(14)22-17(18)23/h3-6,10-12,24H,7-9H2,1-2H3,(H,22,23)(H,19,20,21). The minimum Gasteiger partial charge on any atom is -0.375 e. The van der Waals surface area contributed by atoms with Crippen molar-refractivity contribution in [2.75, 3.05) is 17.2 Å². The molecule has 1 aliphatic heterocycles. The van der Waals surface area contributed by atoms with E-state index in [0.29, 0.717) is 29.5 Å². The topological polar surface area (TPSA) is 87.1 Å². The fourth-order valence-electron chi connectivity index (χ4n) is 2.94. The Kier molecular flexibility index (Phi) is 4.49. The molecule has 126 valence electrons. The number of hydrogen-bond donors (Lipinski definition) is 3. The quantitative estimate of drug-likeness (QED) is 0.758. The molecule has 0 spiro atoms. The number of nitrogens with zero attached hydrogens (tertiary/aromatic N) is 2. The molecule has 0 aliphatic carbocycles. The van der Waals surface area contributed by atoms with Crippen LogP contribution in [0.1, 0.15) is 31.5 Å². The number of fused-ring (bicyclic) bond motifs is 1. The first-order valence-corrected chi connectivity index (χ1v) is 8.17. The van der Waals surface area contributed by atoms with Crippen molar-refractivity contribution in [3.05, 3.63) is 47.9 Å². The van der Waals surface area contributed by atoms with Crippen molar-refractivity contribution in [1.29, 1.82) is 0 Å². The highest BCUT2D eigenvalue weighted by Crippen LogP contribution is 2.37. The summed E-state index contributed by atoms with van der Waals surface area (Å²) in [6.07, 6.45) is 2.68. The predicted molar refractivity (Wildman–Crippen MR) is 92.6 cm³/mol. The van der Waals surface area contributed by atoms with Crippen molar-refractivity contribution in [2.24, 2.45) is 5.92 Å². The number of hydrogen-bond acceptors (Lipinski definition) is 5. The summed E-state index contributed by atoms with van der Waals surface area (Å²) in [5.74, 6) is 0.844. The summed E-state index contributed by atoms with van der Waals surface area (Å²) < 4.78 is 0. The number of aromatic nitrogens is 2. The highest BCUT2D eigenvalue weighted by molar-refractivity contribution is 6.04. The lowest BCUT2D eigenvalue weighted by Gasteiger charge is -2.21. The Morgan fingerprint density at radius 3 is 2.88 bits per heavy atom. The molecular formula is C18H22N4O2. The van der Waals surface area contributed by atoms with Crippen LogP contribution < -0.4 is 10.6 Å². The summed E-state index contributed by atoms with van der Waals surface area (Å²) in [5.41, 5.74) is 0.772. The minimum atomic E-state index is -1.50. The molecule has 1 aromatic carbocycles. The Balaban J connectivity index is 1.65. The number of benzene rings is 1. The van der Waals surface area contributed by atoms with Crippen molar-refractivity contribution in [3.63, 3.8) is 0 Å². The molecule has 24 heavy (non-hydrogen) atoms. The summed E-state index contributed by atoms with van der Waals surface area (Å²) in [5, 5.41) is 16.7. The van der Waals surface area contributed by atoms with Gasteiger partial charge in [-0.2, -0.15) is 0 Å². The van der Waals surface area contributed by atoms with Gasteiger partial charge in [-0.1, -0.05) is 32.0 Å². The number of anilines is 2. The van der Waals surface area contributed by atoms with E-state index in [9.17, 15) is 9.90 Å². The van der Waals surface area contributed by atoms with E-state index in [1.54, 1.807) is 12.1 Å². The van der Waals surface area contributed by atoms with Gasteiger partial charge < -0.3 is 15.7 Å². The molecule has 2 aromatic rings. The zero-order chi connectivity index (χ0) is 17.2. The van der Waals surface area contributed by atoms with E-state index in [2.05, 4.69) is 34.4 Å². The average molecular weight is 326 g/mol. The van der Waals surface area contributed by atoms with Gasteiger partial charge in [0.05, 0.1) is 0 Å². The molecule has 0 saturated heterocycles. The molecule has 1 unspecified atom stereocenters. The van der Waals surface area contributed by atoms with Gasteiger partial charge in [0.15, 0.2) is 5.60 Å². The number of carbonyl (C=O) groups excluding carboxylic acids is 1. The fraction of sp³-hybridized carbons (Fsp3) is 0.389. The van der Waals surface area contributed by atoms with Crippen LogP contribution in [0.2, 0.25) is 0 Å². The van der Waals surface area contributed by atoms with Gasteiger partial charge in [0.1, 0.15) is 12.1 Å². The number of rotatable bonds is 6. The summed E-state index contributed by atoms with van der Waals surface area (Å²) in [7, 11) is 0. The lowest BCUT2D eigenvalue weighted by atomic mass is 9.92. The minimum absolute atomic E-state index is 0.263. The van der Waals surface area contributed by atoms with Gasteiger partial charge >= 0.3 is 0 Å². The van der Waals surface area contributed by atoms with Gasteiger partial charge in [0.25, 0.3) is 5.91 Å². The maximum atomic E-state index is 12.2. The molecule has 3 rings (SSSR count). The summed E-state index contributed by atoms with van der Waals surface area (Å²) >= 11 is 0. The third-order valence-electron chi connectivity index (χ3n) is 4.13. The van der Waals surface area contributed by atoms with Gasteiger partial charge in [-0.05, 0) is 18.4 Å². The molecule has 1 amide bonds. The second kappa shape index (κ2) is 6.57. The normalized spacial score (nSPS) is 19.2. The van der Waals surface area contributed by atoms with E-state index < -0.39 is 5.60 Å². The first-order valence-electron chi connectivity index (χ1n) is 8.17. The Hall–Kier alpha value is -2.47. The number of nitrogens with one attached hydrogen (secondary N) is 2. The van der Waals surface area contributed by atoms with E-state index >= 15 is 0 Å². The van der Waals surface area contributed by atoms with Gasteiger partial charge in [0, 0.05) is 36.0 Å². The van der Waals surface area contributed by atoms with E-state index in [4.69, 9.17) is 0 Å². The predicted octanol–water partition coefficient (Wildman–Crippen LogP) is 2.32. The fourth-order valence-corrected chi connectivity index (χ4v) is 2.94. The molecular weight excluding hydrogens is 304 g/mol. The van der Waals surface area contributed by atoms with Crippen molar-refractivity contribution in [1.82, 2.24) is 9.97 Å². The molecule has 6 heteroatoms. The Morgan fingerprint density at radius 1 is 1.29 bits per heavy atom. The summed E-state index contributed by atoms with van der Waals surface area (Å²) in [6.45, 7) is 4.71. The lowest BCUT2D eigenvalue weighted by molar-refractivity contribution is -0.134. The average Bonchev–Trinajstić information content (AvgIpc) is 2.79. The van der Waals surface area contributed by atoms with Crippen LogP contribution in [-0.4, -0.2) is 27.5 Å². The highest BCUT2D eigenvalue weighted by atomic mass is 16.3. The molecule has 0 fully saturated rings. The zero-order valence-electron chi connectivity index (χ0n) is 13.9. The van der Waals surface area contributed by atoms with Gasteiger partial charge in [-0.3, -0.25) is 4.79 Å². The van der Waals surface area contributed by atoms with Crippen LogP contribution in [0.5, 0.6) is 0 Å². The number of para-hydroxylation sites is 1. The van der Waals surface area contributed by atoms with Crippen molar-refractivity contribution in [3.8, 4) is 0 Å². The number of carbonyl (C=O) groups is 1. The van der Waals surface area contributed by atoms with E-state index in [-0.39, 0.29) is 12.3 Å². The third-order valence-corrected chi connectivity index (χ3v) is 4.13. The molecule has 6 nitrogen and oxygen atoms in total.